The number of primary amides is 1. The van der Waals surface area contributed by atoms with E-state index in [2.05, 4.69) is 4.98 Å². The third-order valence-electron chi connectivity index (χ3n) is 4.62. The van der Waals surface area contributed by atoms with Gasteiger partial charge in [-0.25, -0.2) is 4.39 Å². The van der Waals surface area contributed by atoms with Gasteiger partial charge in [0.1, 0.15) is 5.82 Å². The molecule has 0 saturated carbocycles. The van der Waals surface area contributed by atoms with Gasteiger partial charge in [-0.1, -0.05) is 6.07 Å². The highest BCUT2D eigenvalue weighted by molar-refractivity contribution is 8.22. The quantitative estimate of drug-likeness (QED) is 0.558. The maximum atomic E-state index is 13.4. The van der Waals surface area contributed by atoms with Crippen LogP contribution in [0.2, 0.25) is 0 Å². The number of carbonyl (C=O) groups is 1. The molecule has 26 heavy (non-hydrogen) atoms. The highest BCUT2D eigenvalue weighted by Gasteiger charge is 2.35. The van der Waals surface area contributed by atoms with Crippen molar-refractivity contribution in [2.24, 2.45) is 5.73 Å². The van der Waals surface area contributed by atoms with Crippen molar-refractivity contribution in [2.75, 3.05) is 6.54 Å². The second-order valence-corrected chi connectivity index (χ2v) is 8.31. The first kappa shape index (κ1) is 17.0. The van der Waals surface area contributed by atoms with Gasteiger partial charge in [0, 0.05) is 42.2 Å². The molecule has 0 atom stereocenters. The number of hydrogen-bond donors (Lipinski definition) is 4. The minimum Gasteiger partial charge on any atom is -0.370 e. The number of rotatable bonds is 4. The molecule has 6 nitrogen and oxygen atoms in total. The lowest BCUT2D eigenvalue weighted by atomic mass is 10.0. The maximum absolute atomic E-state index is 13.4. The summed E-state index contributed by atoms with van der Waals surface area (Å²) in [6.07, 6.45) is 1.87. The van der Waals surface area contributed by atoms with E-state index in [0.29, 0.717) is 17.0 Å². The largest absolute Gasteiger partial charge is 0.370 e. The van der Waals surface area contributed by atoms with Crippen LogP contribution in [0, 0.1) is 5.82 Å². The van der Waals surface area contributed by atoms with E-state index < -0.39 is 16.7 Å². The molecule has 4 rings (SSSR count). The number of halogens is 1. The Morgan fingerprint density at radius 2 is 2.08 bits per heavy atom. The van der Waals surface area contributed by atoms with Gasteiger partial charge in [-0.3, -0.25) is 13.9 Å². The van der Waals surface area contributed by atoms with Gasteiger partial charge in [0.25, 0.3) is 0 Å². The number of nitrogens with zero attached hydrogens (tertiary/aromatic N) is 1. The zero-order valence-electron chi connectivity index (χ0n) is 13.8. The Bertz CT molecular complexity index is 1020. The molecule has 0 spiro atoms. The summed E-state index contributed by atoms with van der Waals surface area (Å²) in [6, 6.07) is 9.99. The number of fused-ring (bicyclic) bond motifs is 2. The number of benzene rings is 2. The van der Waals surface area contributed by atoms with Crippen LogP contribution in [0.5, 0.6) is 0 Å². The van der Waals surface area contributed by atoms with Crippen molar-refractivity contribution in [3.05, 3.63) is 54.0 Å². The standard InChI is InChI=1S/C18H18FN3O3S/c19-13-2-3-14-15(9-21-16(14)8-13)11-1-4-17-12(7-11)10-22(26(17,24)25)6-5-18(20)23/h1-4,7-9,21,24-25H,5-6,10H2,(H2,20,23). The van der Waals surface area contributed by atoms with E-state index >= 15 is 0 Å². The van der Waals surface area contributed by atoms with Gasteiger partial charge in [0.2, 0.25) is 5.91 Å². The Balaban J connectivity index is 1.71. The number of H-pyrrole nitrogens is 1. The molecule has 0 saturated heterocycles. The molecule has 0 aliphatic carbocycles. The highest BCUT2D eigenvalue weighted by atomic mass is 32.3. The molecular weight excluding hydrogens is 357 g/mol. The number of hydrogen-bond acceptors (Lipinski definition) is 4. The predicted molar refractivity (Wildman–Crippen MR) is 99.0 cm³/mol. The first-order chi connectivity index (χ1) is 12.4. The van der Waals surface area contributed by atoms with E-state index in [-0.39, 0.29) is 18.8 Å². The predicted octanol–water partition coefficient (Wildman–Crippen LogP) is 3.69. The molecule has 1 amide bonds. The van der Waals surface area contributed by atoms with Crippen molar-refractivity contribution in [3.63, 3.8) is 0 Å². The van der Waals surface area contributed by atoms with Crippen molar-refractivity contribution in [1.82, 2.24) is 9.29 Å². The second kappa shape index (κ2) is 6.10. The lowest BCUT2D eigenvalue weighted by Crippen LogP contribution is -2.26. The fourth-order valence-electron chi connectivity index (χ4n) is 3.34. The molecule has 3 aromatic rings. The van der Waals surface area contributed by atoms with Crippen LogP contribution in [-0.2, 0) is 11.3 Å². The van der Waals surface area contributed by atoms with Crippen LogP contribution in [0.4, 0.5) is 4.39 Å². The van der Waals surface area contributed by atoms with E-state index in [1.807, 2.05) is 18.3 Å². The number of aromatic nitrogens is 1. The Kier molecular flexibility index (Phi) is 4.00. The van der Waals surface area contributed by atoms with E-state index in [1.54, 1.807) is 12.1 Å². The monoisotopic (exact) mass is 375 g/mol. The summed E-state index contributed by atoms with van der Waals surface area (Å²) in [5, 5.41) is 0.890. The average molecular weight is 375 g/mol. The summed E-state index contributed by atoms with van der Waals surface area (Å²) in [6.45, 7) is 0.518. The summed E-state index contributed by atoms with van der Waals surface area (Å²) in [7, 11) is -3.11. The minimum atomic E-state index is -3.11. The van der Waals surface area contributed by atoms with E-state index in [1.165, 1.54) is 16.4 Å². The molecule has 2 aromatic carbocycles. The average Bonchev–Trinajstić information content (AvgIpc) is 3.11. The molecule has 136 valence electrons. The lowest BCUT2D eigenvalue weighted by molar-refractivity contribution is -0.118. The number of aromatic amines is 1. The smallest absolute Gasteiger partial charge is 0.218 e. The van der Waals surface area contributed by atoms with Gasteiger partial charge in [0.15, 0.2) is 0 Å². The third kappa shape index (κ3) is 2.77. The fraction of sp³-hybridized carbons (Fsp3) is 0.167. The zero-order chi connectivity index (χ0) is 18.5. The van der Waals surface area contributed by atoms with Gasteiger partial charge in [-0.05, 0) is 41.5 Å². The number of nitrogens with one attached hydrogen (secondary N) is 1. The molecule has 5 N–H and O–H groups in total. The molecule has 0 unspecified atom stereocenters. The Hall–Kier alpha value is -2.39. The molecule has 0 fully saturated rings. The molecule has 1 aliphatic heterocycles. The maximum Gasteiger partial charge on any atom is 0.218 e. The van der Waals surface area contributed by atoms with Gasteiger partial charge < -0.3 is 10.7 Å². The zero-order valence-corrected chi connectivity index (χ0v) is 14.6. The van der Waals surface area contributed by atoms with Crippen LogP contribution in [0.1, 0.15) is 12.0 Å². The summed E-state index contributed by atoms with van der Waals surface area (Å²) in [5.41, 5.74) is 8.47. The van der Waals surface area contributed by atoms with E-state index in [4.69, 9.17) is 5.73 Å². The third-order valence-corrected chi connectivity index (χ3v) is 6.64. The van der Waals surface area contributed by atoms with Crippen molar-refractivity contribution in [2.45, 2.75) is 17.9 Å². The molecule has 0 bridgehead atoms. The van der Waals surface area contributed by atoms with Gasteiger partial charge in [0.05, 0.1) is 4.90 Å². The first-order valence-corrected chi connectivity index (χ1v) is 9.58. The van der Waals surface area contributed by atoms with Crippen molar-refractivity contribution >= 4 is 27.6 Å². The summed E-state index contributed by atoms with van der Waals surface area (Å²) in [5.74, 6) is -0.790. The van der Waals surface area contributed by atoms with Crippen LogP contribution in [-0.4, -0.2) is 30.8 Å². The van der Waals surface area contributed by atoms with Crippen LogP contribution in [0.15, 0.2) is 47.5 Å². The molecular formula is C18H18FN3O3S. The summed E-state index contributed by atoms with van der Waals surface area (Å²) in [4.78, 5) is 14.5. The Morgan fingerprint density at radius 1 is 1.27 bits per heavy atom. The number of nitrogens with two attached hydrogens (primary N) is 1. The second-order valence-electron chi connectivity index (χ2n) is 6.31. The lowest BCUT2D eigenvalue weighted by Gasteiger charge is -2.37. The van der Waals surface area contributed by atoms with Crippen molar-refractivity contribution < 1.29 is 18.3 Å². The summed E-state index contributed by atoms with van der Waals surface area (Å²) >= 11 is 0. The highest BCUT2D eigenvalue weighted by Crippen LogP contribution is 2.59. The van der Waals surface area contributed by atoms with Crippen molar-refractivity contribution in [3.8, 4) is 11.1 Å². The normalized spacial score (nSPS) is 17.3. The molecule has 1 aliphatic rings. The van der Waals surface area contributed by atoms with Crippen LogP contribution in [0.25, 0.3) is 22.0 Å². The van der Waals surface area contributed by atoms with Crippen LogP contribution in [0.3, 0.4) is 0 Å². The SMILES string of the molecule is NC(=O)CCN1Cc2cc(-c3c[nH]c4cc(F)ccc34)ccc2S1(O)O. The van der Waals surface area contributed by atoms with E-state index in [9.17, 15) is 18.3 Å². The molecule has 8 heteroatoms. The Morgan fingerprint density at radius 3 is 2.85 bits per heavy atom. The molecule has 0 radical (unpaired) electrons. The molecule has 2 heterocycles. The number of carbonyl (C=O) groups excluding carboxylic acids is 1. The van der Waals surface area contributed by atoms with Gasteiger partial charge in [-0.15, -0.1) is 10.8 Å². The number of amides is 1. The minimum absolute atomic E-state index is 0.0602. The molecule has 1 aromatic heterocycles. The Labute approximate surface area is 150 Å². The van der Waals surface area contributed by atoms with E-state index in [0.717, 1.165) is 22.1 Å². The van der Waals surface area contributed by atoms with Crippen LogP contribution >= 0.6 is 10.8 Å². The fourth-order valence-corrected chi connectivity index (χ4v) is 5.00. The van der Waals surface area contributed by atoms with Crippen LogP contribution < -0.4 is 5.73 Å². The van der Waals surface area contributed by atoms with Gasteiger partial charge in [-0.2, -0.15) is 4.31 Å². The summed E-state index contributed by atoms with van der Waals surface area (Å²) < 4.78 is 35.9. The topological polar surface area (TPSA) is 103 Å². The van der Waals surface area contributed by atoms with Gasteiger partial charge >= 0.3 is 0 Å². The van der Waals surface area contributed by atoms with Crippen molar-refractivity contribution in [1.29, 1.82) is 0 Å². The first-order valence-electron chi connectivity index (χ1n) is 8.08.